The number of carbonyl (C=O) groups excluding carboxylic acids is 2. The Morgan fingerprint density at radius 1 is 1.11 bits per heavy atom. The van der Waals surface area contributed by atoms with Crippen LogP contribution in [0.3, 0.4) is 0 Å². The lowest BCUT2D eigenvalue weighted by Crippen LogP contribution is -2.24. The molecule has 184 valence electrons. The van der Waals surface area contributed by atoms with Crippen molar-refractivity contribution in [3.8, 4) is 0 Å². The molecule has 1 aliphatic rings. The van der Waals surface area contributed by atoms with Crippen molar-refractivity contribution in [3.63, 3.8) is 0 Å². The number of amides is 2. The monoisotopic (exact) mass is 494 g/mol. The lowest BCUT2D eigenvalue weighted by Gasteiger charge is -2.10. The molecule has 4 N–H and O–H groups in total. The average molecular weight is 495 g/mol. The molecule has 3 heterocycles. The van der Waals surface area contributed by atoms with E-state index in [1.165, 1.54) is 12.1 Å². The van der Waals surface area contributed by atoms with Gasteiger partial charge in [-0.15, -0.1) is 0 Å². The maximum Gasteiger partial charge on any atom is 0.256 e. The van der Waals surface area contributed by atoms with Crippen LogP contribution in [-0.2, 0) is 11.3 Å². The molecule has 37 heavy (non-hydrogen) atoms. The van der Waals surface area contributed by atoms with Gasteiger partial charge in [0.15, 0.2) is 0 Å². The Hall–Kier alpha value is -5.05. The van der Waals surface area contributed by atoms with E-state index in [0.29, 0.717) is 23.5 Å². The molecule has 9 heteroatoms. The molecule has 0 bridgehead atoms. The summed E-state index contributed by atoms with van der Waals surface area (Å²) in [5.74, 6) is -0.304. The number of nitrogens with zero attached hydrogens (tertiary/aromatic N) is 2. The molecule has 4 aromatic rings. The van der Waals surface area contributed by atoms with Crippen LogP contribution in [0.2, 0.25) is 0 Å². The quantitative estimate of drug-likeness (QED) is 0.270. The van der Waals surface area contributed by atoms with Crippen LogP contribution in [0.1, 0.15) is 32.7 Å². The molecule has 8 nitrogen and oxygen atoms in total. The van der Waals surface area contributed by atoms with Gasteiger partial charge in [0.25, 0.3) is 11.8 Å². The zero-order chi connectivity index (χ0) is 25.6. The molecule has 0 saturated carbocycles. The van der Waals surface area contributed by atoms with Crippen LogP contribution in [0.25, 0.3) is 17.7 Å². The second-order valence-electron chi connectivity index (χ2n) is 8.32. The second-order valence-corrected chi connectivity index (χ2v) is 8.32. The number of benzene rings is 2. The Balaban J connectivity index is 1.20. The minimum atomic E-state index is -0.321. The van der Waals surface area contributed by atoms with Crippen molar-refractivity contribution >= 4 is 41.0 Å². The Labute approximate surface area is 212 Å². The van der Waals surface area contributed by atoms with E-state index < -0.39 is 0 Å². The molecular formula is C28H23FN6O2. The van der Waals surface area contributed by atoms with Crippen LogP contribution in [0, 0.1) is 5.82 Å². The summed E-state index contributed by atoms with van der Waals surface area (Å²) < 4.78 is 13.1. The molecule has 0 unspecified atom stereocenters. The van der Waals surface area contributed by atoms with Gasteiger partial charge in [-0.2, -0.15) is 0 Å². The normalized spacial score (nSPS) is 13.5. The van der Waals surface area contributed by atoms with E-state index in [4.69, 9.17) is 0 Å². The highest BCUT2D eigenvalue weighted by molar-refractivity contribution is 6.34. The molecule has 0 fully saturated rings. The van der Waals surface area contributed by atoms with E-state index in [0.717, 1.165) is 28.1 Å². The van der Waals surface area contributed by atoms with Gasteiger partial charge in [-0.3, -0.25) is 9.59 Å². The van der Waals surface area contributed by atoms with Crippen LogP contribution in [0.15, 0.2) is 79.4 Å². The number of nitrogens with one attached hydrogen (secondary N) is 4. The van der Waals surface area contributed by atoms with Gasteiger partial charge in [0.2, 0.25) is 0 Å². The number of H-pyrrole nitrogens is 1. The summed E-state index contributed by atoms with van der Waals surface area (Å²) in [6.45, 7) is 0.713. The predicted molar refractivity (Wildman–Crippen MR) is 141 cm³/mol. The maximum absolute atomic E-state index is 13.1. The van der Waals surface area contributed by atoms with Crippen LogP contribution >= 0.6 is 0 Å². The molecule has 2 aromatic carbocycles. The molecule has 1 aliphatic heterocycles. The summed E-state index contributed by atoms with van der Waals surface area (Å²) >= 11 is 0. The van der Waals surface area contributed by atoms with Crippen molar-refractivity contribution in [1.82, 2.24) is 20.3 Å². The standard InChI is InChI=1S/C28H23FN6O2/c29-20-8-5-19(6-9-20)15-33-27(36)23-4-2-12-32-26(23)31-11-1-3-18-7-10-22-24(14-21-16-30-17-34-21)28(37)35-25(22)13-18/h1-10,12-14,16-17H,11,15H2,(H,30,34)(H,31,32)(H,33,36)(H,35,37). The maximum atomic E-state index is 13.1. The average Bonchev–Trinajstić information content (AvgIpc) is 3.54. The molecule has 0 saturated heterocycles. The Morgan fingerprint density at radius 3 is 2.78 bits per heavy atom. The topological polar surface area (TPSA) is 112 Å². The summed E-state index contributed by atoms with van der Waals surface area (Å²) in [7, 11) is 0. The largest absolute Gasteiger partial charge is 0.366 e. The van der Waals surface area contributed by atoms with Gasteiger partial charge in [0.1, 0.15) is 11.6 Å². The number of rotatable bonds is 8. The highest BCUT2D eigenvalue weighted by Crippen LogP contribution is 2.33. The number of aromatic nitrogens is 3. The van der Waals surface area contributed by atoms with Crippen molar-refractivity contribution in [2.75, 3.05) is 17.2 Å². The minimum Gasteiger partial charge on any atom is -0.366 e. The Morgan fingerprint density at radius 2 is 1.97 bits per heavy atom. The predicted octanol–water partition coefficient (Wildman–Crippen LogP) is 4.49. The first-order chi connectivity index (χ1) is 18.1. The zero-order valence-corrected chi connectivity index (χ0v) is 19.7. The summed E-state index contributed by atoms with van der Waals surface area (Å²) in [5.41, 5.74) is 5.04. The first kappa shape index (κ1) is 23.7. The lowest BCUT2D eigenvalue weighted by molar-refractivity contribution is -0.110. The van der Waals surface area contributed by atoms with Crippen molar-refractivity contribution < 1.29 is 14.0 Å². The number of pyridine rings is 1. The Kier molecular flexibility index (Phi) is 6.84. The van der Waals surface area contributed by atoms with Crippen LogP contribution in [0.5, 0.6) is 0 Å². The fourth-order valence-electron chi connectivity index (χ4n) is 3.92. The second kappa shape index (κ2) is 10.7. The van der Waals surface area contributed by atoms with Crippen LogP contribution < -0.4 is 16.0 Å². The van der Waals surface area contributed by atoms with E-state index >= 15 is 0 Å². The summed E-state index contributed by atoms with van der Waals surface area (Å²) in [6.07, 6.45) is 10.4. The number of anilines is 2. The fraction of sp³-hybridized carbons (Fsp3) is 0.0714. The third-order valence-corrected chi connectivity index (χ3v) is 5.76. The molecule has 0 radical (unpaired) electrons. The number of carbonyl (C=O) groups is 2. The lowest BCUT2D eigenvalue weighted by atomic mass is 10.0. The van der Waals surface area contributed by atoms with Crippen LogP contribution in [-0.4, -0.2) is 33.3 Å². The summed E-state index contributed by atoms with van der Waals surface area (Å²) in [5, 5.41) is 8.90. The van der Waals surface area contributed by atoms with E-state index in [9.17, 15) is 14.0 Å². The van der Waals surface area contributed by atoms with Gasteiger partial charge >= 0.3 is 0 Å². The van der Waals surface area contributed by atoms with Crippen molar-refractivity contribution in [2.24, 2.45) is 0 Å². The zero-order valence-electron chi connectivity index (χ0n) is 19.7. The third kappa shape index (κ3) is 5.62. The molecule has 2 amide bonds. The van der Waals surface area contributed by atoms with Gasteiger partial charge < -0.3 is 20.9 Å². The van der Waals surface area contributed by atoms with Crippen molar-refractivity contribution in [2.45, 2.75) is 6.54 Å². The van der Waals surface area contributed by atoms with E-state index in [1.54, 1.807) is 49.1 Å². The molecule has 2 aromatic heterocycles. The fourth-order valence-corrected chi connectivity index (χ4v) is 3.92. The van der Waals surface area contributed by atoms with Gasteiger partial charge in [-0.25, -0.2) is 14.4 Å². The van der Waals surface area contributed by atoms with E-state index in [2.05, 4.69) is 30.9 Å². The molecule has 0 aliphatic carbocycles. The summed E-state index contributed by atoms with van der Waals surface area (Å²) in [6, 6.07) is 15.1. The van der Waals surface area contributed by atoms with Crippen molar-refractivity contribution in [1.29, 1.82) is 0 Å². The number of hydrogen-bond donors (Lipinski definition) is 4. The molecular weight excluding hydrogens is 471 g/mol. The van der Waals surface area contributed by atoms with Crippen molar-refractivity contribution in [3.05, 3.63) is 113 Å². The molecule has 0 atom stereocenters. The highest BCUT2D eigenvalue weighted by atomic mass is 19.1. The van der Waals surface area contributed by atoms with Gasteiger partial charge in [-0.1, -0.05) is 36.4 Å². The van der Waals surface area contributed by atoms with Crippen LogP contribution in [0.4, 0.5) is 15.9 Å². The number of hydrogen-bond acceptors (Lipinski definition) is 5. The minimum absolute atomic E-state index is 0.159. The molecule has 5 rings (SSSR count). The number of imidazole rings is 1. The highest BCUT2D eigenvalue weighted by Gasteiger charge is 2.24. The molecule has 0 spiro atoms. The summed E-state index contributed by atoms with van der Waals surface area (Å²) in [4.78, 5) is 36.4. The van der Waals surface area contributed by atoms with Gasteiger partial charge in [0.05, 0.1) is 29.4 Å². The van der Waals surface area contributed by atoms with E-state index in [-0.39, 0.29) is 24.2 Å². The Bertz CT molecular complexity index is 1490. The number of halogens is 1. The third-order valence-electron chi connectivity index (χ3n) is 5.76. The van der Waals surface area contributed by atoms with Gasteiger partial charge in [-0.05, 0) is 47.5 Å². The number of aromatic amines is 1. The number of fused-ring (bicyclic) bond motifs is 1. The first-order valence-electron chi connectivity index (χ1n) is 11.6. The smallest absolute Gasteiger partial charge is 0.256 e. The SMILES string of the molecule is O=C1Nc2cc(C=CCNc3ncccc3C(=O)NCc3ccc(F)cc3)ccc2C1=Cc1cnc[nH]1. The van der Waals surface area contributed by atoms with E-state index in [1.807, 2.05) is 30.4 Å². The first-order valence-corrected chi connectivity index (χ1v) is 11.6. The van der Waals surface area contributed by atoms with Gasteiger partial charge in [0, 0.05) is 30.5 Å².